The third kappa shape index (κ3) is 2.67. The molecule has 0 aliphatic carbocycles. The molecule has 9 nitrogen and oxygen atoms in total. The van der Waals surface area contributed by atoms with E-state index in [-0.39, 0.29) is 17.3 Å². The van der Waals surface area contributed by atoms with Crippen LogP contribution in [0.5, 0.6) is 0 Å². The van der Waals surface area contributed by atoms with Crippen molar-refractivity contribution in [2.45, 2.75) is 33.7 Å². The third-order valence-corrected chi connectivity index (χ3v) is 5.07. The molecule has 0 saturated carbocycles. The molecule has 4 aromatic rings. The average Bonchev–Trinajstić information content (AvgIpc) is 3.17. The fraction of sp³-hybridized carbons (Fsp3) is 0.316. The quantitative estimate of drug-likeness (QED) is 0.563. The smallest absolute Gasteiger partial charge is 0.277 e. The van der Waals surface area contributed by atoms with Crippen molar-refractivity contribution in [1.82, 2.24) is 34.9 Å². The van der Waals surface area contributed by atoms with Crippen molar-refractivity contribution < 1.29 is 4.79 Å². The second-order valence-corrected chi connectivity index (χ2v) is 7.08. The molecule has 0 radical (unpaired) electrons. The van der Waals surface area contributed by atoms with Crippen LogP contribution in [0.3, 0.4) is 0 Å². The first-order valence-corrected chi connectivity index (χ1v) is 8.97. The van der Waals surface area contributed by atoms with Gasteiger partial charge in [0.1, 0.15) is 0 Å². The summed E-state index contributed by atoms with van der Waals surface area (Å²) < 4.78 is 3.19. The van der Waals surface area contributed by atoms with E-state index < -0.39 is 11.5 Å². The topological polar surface area (TPSA) is 110 Å². The molecule has 2 N–H and O–H groups in total. The van der Waals surface area contributed by atoms with Crippen LogP contribution in [0.2, 0.25) is 0 Å². The van der Waals surface area contributed by atoms with Gasteiger partial charge in [-0.2, -0.15) is 5.10 Å². The third-order valence-electron chi connectivity index (χ3n) is 5.07. The molecule has 0 spiro atoms. The Labute approximate surface area is 160 Å². The van der Waals surface area contributed by atoms with E-state index in [0.717, 1.165) is 22.5 Å². The molecular formula is C19H21N7O2. The van der Waals surface area contributed by atoms with Crippen molar-refractivity contribution >= 4 is 22.5 Å². The number of rotatable bonds is 3. The molecule has 4 rings (SSSR count). The lowest BCUT2D eigenvalue weighted by molar-refractivity contribution is 0.0936. The van der Waals surface area contributed by atoms with Gasteiger partial charge in [0.25, 0.3) is 11.5 Å². The van der Waals surface area contributed by atoms with E-state index in [1.807, 2.05) is 52.9 Å². The summed E-state index contributed by atoms with van der Waals surface area (Å²) in [4.78, 5) is 28.3. The maximum Gasteiger partial charge on any atom is 0.277 e. The molecule has 0 fully saturated rings. The number of aryl methyl sites for hydroxylation is 3. The maximum atomic E-state index is 12.9. The highest BCUT2D eigenvalue weighted by atomic mass is 16.2. The van der Waals surface area contributed by atoms with Crippen LogP contribution in [0, 0.1) is 20.8 Å². The zero-order valence-corrected chi connectivity index (χ0v) is 16.4. The summed E-state index contributed by atoms with van der Waals surface area (Å²) in [6.07, 6.45) is 0. The molecular weight excluding hydrogens is 358 g/mol. The number of nitrogens with zero attached hydrogens (tertiary/aromatic N) is 5. The minimum Gasteiger partial charge on any atom is -0.344 e. The number of aromatic nitrogens is 6. The molecule has 144 valence electrons. The molecule has 3 aromatic heterocycles. The molecule has 0 aliphatic rings. The minimum absolute atomic E-state index is 0.00484. The normalized spacial score (nSPS) is 12.6. The second-order valence-electron chi connectivity index (χ2n) is 7.08. The monoisotopic (exact) mass is 379 g/mol. The van der Waals surface area contributed by atoms with Crippen LogP contribution in [0.4, 0.5) is 0 Å². The molecule has 1 atom stereocenters. The Hall–Kier alpha value is -3.49. The van der Waals surface area contributed by atoms with E-state index >= 15 is 0 Å². The van der Waals surface area contributed by atoms with Crippen LogP contribution in [-0.2, 0) is 7.05 Å². The second kappa shape index (κ2) is 6.29. The van der Waals surface area contributed by atoms with E-state index in [0.29, 0.717) is 11.0 Å². The van der Waals surface area contributed by atoms with Gasteiger partial charge in [-0.15, -0.1) is 5.10 Å². The van der Waals surface area contributed by atoms with Gasteiger partial charge in [-0.1, -0.05) is 11.3 Å². The first kappa shape index (κ1) is 17.9. The highest BCUT2D eigenvalue weighted by Gasteiger charge is 2.23. The maximum absolute atomic E-state index is 12.9. The summed E-state index contributed by atoms with van der Waals surface area (Å²) in [5, 5.41) is 15.3. The van der Waals surface area contributed by atoms with Crippen molar-refractivity contribution in [3.8, 4) is 0 Å². The van der Waals surface area contributed by atoms with Crippen LogP contribution in [0.25, 0.3) is 16.6 Å². The molecule has 0 aliphatic heterocycles. The molecule has 9 heteroatoms. The fourth-order valence-corrected chi connectivity index (χ4v) is 3.68. The van der Waals surface area contributed by atoms with Crippen molar-refractivity contribution in [1.29, 1.82) is 0 Å². The number of nitrogens with one attached hydrogen (secondary N) is 2. The molecule has 1 aromatic carbocycles. The lowest BCUT2D eigenvalue weighted by atomic mass is 10.1. The van der Waals surface area contributed by atoms with Crippen molar-refractivity contribution in [2.24, 2.45) is 7.05 Å². The van der Waals surface area contributed by atoms with Gasteiger partial charge >= 0.3 is 0 Å². The Morgan fingerprint density at radius 2 is 2.00 bits per heavy atom. The van der Waals surface area contributed by atoms with Crippen LogP contribution in [0.15, 0.2) is 23.0 Å². The molecule has 0 saturated heterocycles. The average molecular weight is 379 g/mol. The predicted octanol–water partition coefficient (Wildman–Crippen LogP) is 1.72. The summed E-state index contributed by atoms with van der Waals surface area (Å²) in [5.41, 5.74) is 4.81. The lowest BCUT2D eigenvalue weighted by Crippen LogP contribution is -2.29. The fourth-order valence-electron chi connectivity index (χ4n) is 3.68. The van der Waals surface area contributed by atoms with Crippen molar-refractivity contribution in [2.75, 3.05) is 0 Å². The number of carbonyl (C=O) groups excluding carboxylic acids is 1. The first-order valence-electron chi connectivity index (χ1n) is 8.97. The summed E-state index contributed by atoms with van der Waals surface area (Å²) >= 11 is 0. The number of aromatic amines is 1. The molecule has 28 heavy (non-hydrogen) atoms. The zero-order chi connectivity index (χ0) is 20.2. The van der Waals surface area contributed by atoms with E-state index in [1.54, 1.807) is 4.68 Å². The molecule has 1 amide bonds. The van der Waals surface area contributed by atoms with Gasteiger partial charge in [0.05, 0.1) is 22.8 Å². The Bertz CT molecular complexity index is 1300. The van der Waals surface area contributed by atoms with Gasteiger partial charge in [-0.25, -0.2) is 4.52 Å². The predicted molar refractivity (Wildman–Crippen MR) is 104 cm³/mol. The van der Waals surface area contributed by atoms with Gasteiger partial charge in [0, 0.05) is 18.3 Å². The van der Waals surface area contributed by atoms with Crippen LogP contribution >= 0.6 is 0 Å². The number of hydrogen-bond donors (Lipinski definition) is 2. The van der Waals surface area contributed by atoms with Gasteiger partial charge in [0.2, 0.25) is 0 Å². The van der Waals surface area contributed by atoms with E-state index in [4.69, 9.17) is 0 Å². The van der Waals surface area contributed by atoms with Crippen LogP contribution in [-0.4, -0.2) is 35.5 Å². The highest BCUT2D eigenvalue weighted by molar-refractivity contribution is 5.99. The molecule has 3 heterocycles. The number of amides is 1. The number of hydrogen-bond acceptors (Lipinski definition) is 5. The van der Waals surface area contributed by atoms with Crippen molar-refractivity contribution in [3.05, 3.63) is 56.8 Å². The molecule has 0 bridgehead atoms. The number of benzene rings is 1. The number of H-pyrrole nitrogens is 1. The Morgan fingerprint density at radius 3 is 2.68 bits per heavy atom. The van der Waals surface area contributed by atoms with Gasteiger partial charge in [0.15, 0.2) is 11.2 Å². The first-order chi connectivity index (χ1) is 13.3. The zero-order valence-electron chi connectivity index (χ0n) is 16.4. The summed E-state index contributed by atoms with van der Waals surface area (Å²) in [7, 11) is 1.86. The van der Waals surface area contributed by atoms with Gasteiger partial charge in [-0.3, -0.25) is 14.3 Å². The van der Waals surface area contributed by atoms with Gasteiger partial charge in [-0.05, 0) is 45.4 Å². The largest absolute Gasteiger partial charge is 0.344 e. The summed E-state index contributed by atoms with van der Waals surface area (Å²) in [5.74, 6) is -0.456. The summed E-state index contributed by atoms with van der Waals surface area (Å²) in [6, 6.07) is 5.32. The minimum atomic E-state index is -0.456. The number of fused-ring (bicyclic) bond motifs is 3. The Kier molecular flexibility index (Phi) is 4.02. The highest BCUT2D eigenvalue weighted by Crippen LogP contribution is 2.21. The van der Waals surface area contributed by atoms with Gasteiger partial charge < -0.3 is 10.3 Å². The Balaban J connectivity index is 1.76. The van der Waals surface area contributed by atoms with Crippen molar-refractivity contribution in [3.63, 3.8) is 0 Å². The lowest BCUT2D eigenvalue weighted by Gasteiger charge is -2.14. The summed E-state index contributed by atoms with van der Waals surface area (Å²) in [6.45, 7) is 7.66. The standard InChI is InChI=1S/C19H21N7O2/c1-9-6-7-14-13(8-9)21-19(28)17-16(22-24-26(14)17)18(27)20-10(2)15-11(3)23-25(5)12(15)4/h6-8,10H,1-5H3,(H,20,27)(H,21,28)/t10-/m1/s1. The Morgan fingerprint density at radius 1 is 1.25 bits per heavy atom. The SMILES string of the molecule is Cc1ccc2c(c1)[nH]c(=O)c1c(C(=O)N[C@H](C)c3c(C)nn(C)c3C)nnn12. The van der Waals surface area contributed by atoms with Crippen LogP contribution in [0.1, 0.15) is 46.0 Å². The molecule has 0 unspecified atom stereocenters. The van der Waals surface area contributed by atoms with E-state index in [9.17, 15) is 9.59 Å². The van der Waals surface area contributed by atoms with E-state index in [1.165, 1.54) is 4.52 Å². The number of carbonyl (C=O) groups is 1. The van der Waals surface area contributed by atoms with E-state index in [2.05, 4.69) is 25.7 Å². The van der Waals surface area contributed by atoms with Crippen LogP contribution < -0.4 is 10.9 Å².